The highest BCUT2D eigenvalue weighted by Gasteiger charge is 2.47. The molecule has 1 aliphatic rings. The first kappa shape index (κ1) is 24.3. The number of hydrogen-bond acceptors (Lipinski definition) is 6. The van der Waals surface area contributed by atoms with Crippen LogP contribution in [0.2, 0.25) is 0 Å². The standard InChI is InChI=1S/C26H30N4O5/c1-18-5-9-20(10-6-18)30-22(19-7-11-21(34-3)12-8-19)17-23(27-30)26(24(31)35-4)13-15-29(16-14-26)25(32)28(2)33/h5-12,17,33H,13-16H2,1-4H3. The highest BCUT2D eigenvalue weighted by molar-refractivity contribution is 5.84. The average molecular weight is 479 g/mol. The number of esters is 1. The van der Waals surface area contributed by atoms with Crippen LogP contribution in [0.25, 0.3) is 16.9 Å². The summed E-state index contributed by atoms with van der Waals surface area (Å²) in [5.74, 6) is 0.351. The van der Waals surface area contributed by atoms with Gasteiger partial charge >= 0.3 is 12.0 Å². The van der Waals surface area contributed by atoms with Crippen molar-refractivity contribution in [3.05, 3.63) is 65.9 Å². The van der Waals surface area contributed by atoms with Gasteiger partial charge in [0.05, 0.1) is 31.3 Å². The molecule has 0 spiro atoms. The van der Waals surface area contributed by atoms with Gasteiger partial charge in [-0.05, 0) is 62.2 Å². The lowest BCUT2D eigenvalue weighted by atomic mass is 9.75. The molecule has 1 saturated heterocycles. The summed E-state index contributed by atoms with van der Waals surface area (Å²) >= 11 is 0. The number of urea groups is 1. The number of aromatic nitrogens is 2. The molecular weight excluding hydrogens is 448 g/mol. The second-order valence-electron chi connectivity index (χ2n) is 8.76. The van der Waals surface area contributed by atoms with Gasteiger partial charge in [-0.2, -0.15) is 5.10 Å². The predicted octanol–water partition coefficient (Wildman–Crippen LogP) is 3.80. The Morgan fingerprint density at radius 1 is 1.03 bits per heavy atom. The van der Waals surface area contributed by atoms with E-state index in [0.29, 0.717) is 23.6 Å². The van der Waals surface area contributed by atoms with E-state index in [1.807, 2.05) is 66.2 Å². The molecular formula is C26H30N4O5. The van der Waals surface area contributed by atoms with Crippen molar-refractivity contribution in [3.63, 3.8) is 0 Å². The fourth-order valence-corrected chi connectivity index (χ4v) is 4.51. The second kappa shape index (κ2) is 9.79. The summed E-state index contributed by atoms with van der Waals surface area (Å²) in [4.78, 5) is 26.9. The van der Waals surface area contributed by atoms with Crippen LogP contribution in [0, 0.1) is 6.92 Å². The maximum atomic E-state index is 13.2. The van der Waals surface area contributed by atoms with Gasteiger partial charge < -0.3 is 14.4 Å². The third kappa shape index (κ3) is 4.59. The normalized spacial score (nSPS) is 14.9. The molecule has 1 aliphatic heterocycles. The van der Waals surface area contributed by atoms with Crippen molar-refractivity contribution in [1.29, 1.82) is 0 Å². The Morgan fingerprint density at radius 2 is 1.66 bits per heavy atom. The van der Waals surface area contributed by atoms with E-state index < -0.39 is 17.4 Å². The lowest BCUT2D eigenvalue weighted by Gasteiger charge is -2.39. The molecule has 9 heteroatoms. The molecule has 0 bridgehead atoms. The van der Waals surface area contributed by atoms with Crippen LogP contribution >= 0.6 is 0 Å². The Morgan fingerprint density at radius 3 is 2.20 bits per heavy atom. The molecule has 0 aliphatic carbocycles. The van der Waals surface area contributed by atoms with Crippen molar-refractivity contribution in [1.82, 2.24) is 19.7 Å². The van der Waals surface area contributed by atoms with Gasteiger partial charge in [0.25, 0.3) is 0 Å². The van der Waals surface area contributed by atoms with Gasteiger partial charge in [-0.3, -0.25) is 10.0 Å². The third-order valence-corrected chi connectivity index (χ3v) is 6.60. The Kier molecular flexibility index (Phi) is 6.79. The Bertz CT molecular complexity index is 1190. The molecule has 184 valence electrons. The highest BCUT2D eigenvalue weighted by Crippen LogP contribution is 2.39. The van der Waals surface area contributed by atoms with Crippen LogP contribution in [0.15, 0.2) is 54.6 Å². The SMILES string of the molecule is COC(=O)C1(c2cc(-c3ccc(OC)cc3)n(-c3ccc(C)cc3)n2)CCN(C(=O)N(C)O)CC1. The minimum Gasteiger partial charge on any atom is -0.497 e. The first-order valence-electron chi connectivity index (χ1n) is 11.4. The summed E-state index contributed by atoms with van der Waals surface area (Å²) in [5.41, 5.74) is 3.30. The molecule has 1 aromatic heterocycles. The number of aryl methyl sites for hydroxylation is 1. The largest absolute Gasteiger partial charge is 0.497 e. The Labute approximate surface area is 204 Å². The molecule has 0 saturated carbocycles. The van der Waals surface area contributed by atoms with E-state index in [4.69, 9.17) is 14.6 Å². The molecule has 0 unspecified atom stereocenters. The smallest absolute Gasteiger partial charge is 0.343 e. The van der Waals surface area contributed by atoms with Crippen molar-refractivity contribution in [2.24, 2.45) is 0 Å². The van der Waals surface area contributed by atoms with Crippen LogP contribution in [-0.4, -0.2) is 71.3 Å². The van der Waals surface area contributed by atoms with Crippen molar-refractivity contribution < 1.29 is 24.3 Å². The van der Waals surface area contributed by atoms with Gasteiger partial charge in [0.2, 0.25) is 0 Å². The summed E-state index contributed by atoms with van der Waals surface area (Å²) < 4.78 is 12.4. The van der Waals surface area contributed by atoms with Crippen LogP contribution in [0.4, 0.5) is 4.79 Å². The zero-order chi connectivity index (χ0) is 25.2. The van der Waals surface area contributed by atoms with E-state index >= 15 is 0 Å². The molecule has 4 rings (SSSR count). The number of carbonyl (C=O) groups is 2. The third-order valence-electron chi connectivity index (χ3n) is 6.60. The van der Waals surface area contributed by atoms with E-state index in [9.17, 15) is 14.8 Å². The summed E-state index contributed by atoms with van der Waals surface area (Å²) in [6.45, 7) is 2.59. The highest BCUT2D eigenvalue weighted by atomic mass is 16.5. The summed E-state index contributed by atoms with van der Waals surface area (Å²) in [6.07, 6.45) is 0.651. The van der Waals surface area contributed by atoms with Crippen molar-refractivity contribution in [2.45, 2.75) is 25.2 Å². The summed E-state index contributed by atoms with van der Waals surface area (Å²) in [7, 11) is 4.27. The predicted molar refractivity (Wildman–Crippen MR) is 130 cm³/mol. The van der Waals surface area contributed by atoms with E-state index in [-0.39, 0.29) is 13.1 Å². The molecule has 3 aromatic rings. The molecule has 35 heavy (non-hydrogen) atoms. The molecule has 1 N–H and O–H groups in total. The van der Waals surface area contributed by atoms with Crippen molar-refractivity contribution >= 4 is 12.0 Å². The van der Waals surface area contributed by atoms with E-state index in [1.54, 1.807) is 7.11 Å². The van der Waals surface area contributed by atoms with Crippen LogP contribution in [0.3, 0.4) is 0 Å². The zero-order valence-corrected chi connectivity index (χ0v) is 20.4. The lowest BCUT2D eigenvalue weighted by Crippen LogP contribution is -2.51. The number of methoxy groups -OCH3 is 2. The summed E-state index contributed by atoms with van der Waals surface area (Å²) in [6, 6.07) is 17.1. The first-order chi connectivity index (χ1) is 16.8. The fourth-order valence-electron chi connectivity index (χ4n) is 4.51. The first-order valence-corrected chi connectivity index (χ1v) is 11.4. The van der Waals surface area contributed by atoms with Gasteiger partial charge in [-0.15, -0.1) is 0 Å². The molecule has 0 radical (unpaired) electrons. The maximum Gasteiger partial charge on any atom is 0.343 e. The van der Waals surface area contributed by atoms with E-state index in [2.05, 4.69) is 0 Å². The maximum absolute atomic E-state index is 13.2. The fraction of sp³-hybridized carbons (Fsp3) is 0.346. The topological polar surface area (TPSA) is 97.1 Å². The molecule has 2 aromatic carbocycles. The van der Waals surface area contributed by atoms with Crippen LogP contribution in [-0.2, 0) is 14.9 Å². The van der Waals surface area contributed by atoms with Crippen LogP contribution in [0.5, 0.6) is 5.75 Å². The molecule has 1 fully saturated rings. The minimum atomic E-state index is -1.02. The molecule has 0 atom stereocenters. The second-order valence-corrected chi connectivity index (χ2v) is 8.76. The van der Waals surface area contributed by atoms with Gasteiger partial charge in [0.15, 0.2) is 0 Å². The Balaban J connectivity index is 1.80. The number of rotatable bonds is 5. The number of likely N-dealkylation sites (tertiary alicyclic amines) is 1. The number of hydrogen-bond donors (Lipinski definition) is 1. The number of nitrogens with zero attached hydrogens (tertiary/aromatic N) is 4. The Hall–Kier alpha value is -3.85. The lowest BCUT2D eigenvalue weighted by molar-refractivity contribution is -0.149. The molecule has 2 amide bonds. The number of piperidine rings is 1. The number of hydroxylamine groups is 2. The minimum absolute atomic E-state index is 0.286. The van der Waals surface area contributed by atoms with E-state index in [1.165, 1.54) is 19.1 Å². The van der Waals surface area contributed by atoms with E-state index in [0.717, 1.165) is 28.3 Å². The number of benzene rings is 2. The van der Waals surface area contributed by atoms with Crippen LogP contribution < -0.4 is 4.74 Å². The van der Waals surface area contributed by atoms with Crippen molar-refractivity contribution in [2.75, 3.05) is 34.4 Å². The number of amides is 2. The number of carbonyl (C=O) groups excluding carboxylic acids is 2. The summed E-state index contributed by atoms with van der Waals surface area (Å²) in [5, 5.41) is 15.0. The molecule has 9 nitrogen and oxygen atoms in total. The molecule has 2 heterocycles. The van der Waals surface area contributed by atoms with Crippen LogP contribution in [0.1, 0.15) is 24.1 Å². The number of ether oxygens (including phenoxy) is 2. The van der Waals surface area contributed by atoms with Gasteiger partial charge in [-0.25, -0.2) is 14.5 Å². The zero-order valence-electron chi connectivity index (χ0n) is 20.4. The quantitative estimate of drug-likeness (QED) is 0.340. The van der Waals surface area contributed by atoms with Gasteiger partial charge in [0.1, 0.15) is 11.2 Å². The van der Waals surface area contributed by atoms with Gasteiger partial charge in [0, 0.05) is 25.7 Å². The monoisotopic (exact) mass is 478 g/mol. The van der Waals surface area contributed by atoms with Crippen molar-refractivity contribution in [3.8, 4) is 22.7 Å². The van der Waals surface area contributed by atoms with Gasteiger partial charge in [-0.1, -0.05) is 17.7 Å². The average Bonchev–Trinajstić information content (AvgIpc) is 3.34.